The Balaban J connectivity index is 0.00000256. The molecule has 1 heterocycles. The summed E-state index contributed by atoms with van der Waals surface area (Å²) in [5.74, 6) is -0.938. The van der Waals surface area contributed by atoms with Crippen LogP contribution in [0.2, 0.25) is 0 Å². The molecule has 0 aromatic heterocycles. The van der Waals surface area contributed by atoms with Crippen molar-refractivity contribution in [3.8, 4) is 0 Å². The lowest BCUT2D eigenvalue weighted by Gasteiger charge is -2.34. The number of hydrogen-bond donors (Lipinski definition) is 2. The van der Waals surface area contributed by atoms with E-state index in [4.69, 9.17) is 0 Å². The predicted octanol–water partition coefficient (Wildman–Crippen LogP) is 1.87. The molecule has 0 aromatic carbocycles. The Kier molecular flexibility index (Phi) is 6.26. The van der Waals surface area contributed by atoms with Crippen molar-refractivity contribution in [1.29, 1.82) is 0 Å². The van der Waals surface area contributed by atoms with Crippen LogP contribution in [0, 0.1) is 5.41 Å². The van der Waals surface area contributed by atoms with Crippen molar-refractivity contribution in [2.75, 3.05) is 19.6 Å². The highest BCUT2D eigenvalue weighted by atomic mass is 35.5. The molecule has 0 aliphatic carbocycles. The molecule has 1 aliphatic rings. The summed E-state index contributed by atoms with van der Waals surface area (Å²) in [4.78, 5) is 11.0. The van der Waals surface area contributed by atoms with E-state index in [2.05, 4.69) is 10.6 Å². The Labute approximate surface area is 105 Å². The molecular formula is C10H18ClF3N2O. The van der Waals surface area contributed by atoms with Crippen molar-refractivity contribution in [3.63, 3.8) is 0 Å². The molecule has 1 rings (SSSR count). The van der Waals surface area contributed by atoms with Crippen LogP contribution in [0.3, 0.4) is 0 Å². The third-order valence-electron chi connectivity index (χ3n) is 2.88. The quantitative estimate of drug-likeness (QED) is 0.825. The summed E-state index contributed by atoms with van der Waals surface area (Å²) >= 11 is 0. The minimum absolute atomic E-state index is 0. The molecule has 102 valence electrons. The second-order valence-corrected chi connectivity index (χ2v) is 4.63. The number of piperidine rings is 1. The van der Waals surface area contributed by atoms with Gasteiger partial charge in [0.2, 0.25) is 5.91 Å². The van der Waals surface area contributed by atoms with Crippen molar-refractivity contribution in [2.45, 2.75) is 32.4 Å². The van der Waals surface area contributed by atoms with Crippen LogP contribution in [0.5, 0.6) is 0 Å². The molecule has 17 heavy (non-hydrogen) atoms. The Morgan fingerprint density at radius 2 is 1.88 bits per heavy atom. The van der Waals surface area contributed by atoms with Gasteiger partial charge in [0.1, 0.15) is 6.42 Å². The number of amides is 1. The molecule has 0 atom stereocenters. The van der Waals surface area contributed by atoms with E-state index in [0.717, 1.165) is 25.9 Å². The molecule has 1 saturated heterocycles. The number of nitrogens with one attached hydrogen (secondary N) is 2. The van der Waals surface area contributed by atoms with Crippen LogP contribution in [-0.2, 0) is 4.79 Å². The summed E-state index contributed by atoms with van der Waals surface area (Å²) in [6, 6.07) is 0. The van der Waals surface area contributed by atoms with Crippen LogP contribution < -0.4 is 10.6 Å². The minimum atomic E-state index is -4.42. The van der Waals surface area contributed by atoms with Gasteiger partial charge in [-0.1, -0.05) is 6.92 Å². The molecule has 2 N–H and O–H groups in total. The van der Waals surface area contributed by atoms with Gasteiger partial charge in [-0.15, -0.1) is 12.4 Å². The standard InChI is InChI=1S/C10H17F3N2O.ClH/c1-9(2-4-14-5-3-9)7-15-8(16)6-10(11,12)13;/h14H,2-7H2,1H3,(H,15,16);1H. The lowest BCUT2D eigenvalue weighted by atomic mass is 9.81. The van der Waals surface area contributed by atoms with Crippen LogP contribution in [-0.4, -0.2) is 31.7 Å². The minimum Gasteiger partial charge on any atom is -0.355 e. The second-order valence-electron chi connectivity index (χ2n) is 4.63. The summed E-state index contributed by atoms with van der Waals surface area (Å²) < 4.78 is 35.7. The molecular weight excluding hydrogens is 257 g/mol. The maximum atomic E-state index is 11.9. The summed E-state index contributed by atoms with van der Waals surface area (Å²) in [6.45, 7) is 4.02. The average molecular weight is 275 g/mol. The normalized spacial score (nSPS) is 19.3. The number of rotatable bonds is 3. The molecule has 3 nitrogen and oxygen atoms in total. The number of halogens is 4. The van der Waals surface area contributed by atoms with E-state index >= 15 is 0 Å². The summed E-state index contributed by atoms with van der Waals surface area (Å²) in [6.07, 6.45) is -4.06. The molecule has 1 fully saturated rings. The number of hydrogen-bond acceptors (Lipinski definition) is 2. The second kappa shape index (κ2) is 6.44. The van der Waals surface area contributed by atoms with Gasteiger partial charge in [0, 0.05) is 6.54 Å². The molecule has 0 saturated carbocycles. The monoisotopic (exact) mass is 274 g/mol. The van der Waals surface area contributed by atoms with Crippen LogP contribution in [0.25, 0.3) is 0 Å². The highest BCUT2D eigenvalue weighted by molar-refractivity contribution is 5.85. The Bertz CT molecular complexity index is 252. The predicted molar refractivity (Wildman–Crippen MR) is 61.1 cm³/mol. The van der Waals surface area contributed by atoms with Gasteiger partial charge in [-0.25, -0.2) is 0 Å². The number of carbonyl (C=O) groups excluding carboxylic acids is 1. The number of alkyl halides is 3. The first kappa shape index (κ1) is 16.5. The van der Waals surface area contributed by atoms with Crippen LogP contribution in [0.15, 0.2) is 0 Å². The van der Waals surface area contributed by atoms with Gasteiger partial charge < -0.3 is 10.6 Å². The van der Waals surface area contributed by atoms with E-state index < -0.39 is 18.5 Å². The fourth-order valence-corrected chi connectivity index (χ4v) is 1.76. The van der Waals surface area contributed by atoms with Gasteiger partial charge in [-0.2, -0.15) is 13.2 Å². The highest BCUT2D eigenvalue weighted by Crippen LogP contribution is 2.27. The van der Waals surface area contributed by atoms with Gasteiger partial charge in [0.15, 0.2) is 0 Å². The van der Waals surface area contributed by atoms with Crippen molar-refractivity contribution >= 4 is 18.3 Å². The summed E-state index contributed by atoms with van der Waals surface area (Å²) in [7, 11) is 0. The maximum absolute atomic E-state index is 11.9. The van der Waals surface area contributed by atoms with E-state index in [-0.39, 0.29) is 17.8 Å². The van der Waals surface area contributed by atoms with E-state index in [1.165, 1.54) is 0 Å². The topological polar surface area (TPSA) is 41.1 Å². The molecule has 0 spiro atoms. The Hall–Kier alpha value is -0.490. The van der Waals surface area contributed by atoms with Gasteiger partial charge in [-0.05, 0) is 31.3 Å². The Morgan fingerprint density at radius 1 is 1.35 bits per heavy atom. The van der Waals surface area contributed by atoms with E-state index in [0.29, 0.717) is 6.54 Å². The van der Waals surface area contributed by atoms with Crippen LogP contribution in [0.1, 0.15) is 26.2 Å². The first-order valence-corrected chi connectivity index (χ1v) is 5.35. The first-order chi connectivity index (χ1) is 7.31. The SMILES string of the molecule is CC1(CNC(=O)CC(F)(F)F)CCNCC1.Cl. The van der Waals surface area contributed by atoms with Crippen molar-refractivity contribution in [3.05, 3.63) is 0 Å². The summed E-state index contributed by atoms with van der Waals surface area (Å²) in [5.41, 5.74) is -0.0769. The van der Waals surface area contributed by atoms with Crippen molar-refractivity contribution in [1.82, 2.24) is 10.6 Å². The molecule has 7 heteroatoms. The van der Waals surface area contributed by atoms with E-state index in [1.807, 2.05) is 6.92 Å². The lowest BCUT2D eigenvalue weighted by Crippen LogP contribution is -2.43. The van der Waals surface area contributed by atoms with Gasteiger partial charge in [-0.3, -0.25) is 4.79 Å². The number of carbonyl (C=O) groups is 1. The van der Waals surface area contributed by atoms with E-state index in [9.17, 15) is 18.0 Å². The van der Waals surface area contributed by atoms with Gasteiger partial charge in [0.05, 0.1) is 0 Å². The molecule has 1 amide bonds. The molecule has 0 radical (unpaired) electrons. The lowest BCUT2D eigenvalue weighted by molar-refractivity contribution is -0.154. The summed E-state index contributed by atoms with van der Waals surface area (Å²) in [5, 5.41) is 5.54. The largest absolute Gasteiger partial charge is 0.397 e. The zero-order chi connectivity index (χ0) is 12.2. The smallest absolute Gasteiger partial charge is 0.355 e. The fourth-order valence-electron chi connectivity index (χ4n) is 1.76. The van der Waals surface area contributed by atoms with Crippen LogP contribution in [0.4, 0.5) is 13.2 Å². The third-order valence-corrected chi connectivity index (χ3v) is 2.88. The van der Waals surface area contributed by atoms with Gasteiger partial charge >= 0.3 is 6.18 Å². The average Bonchev–Trinajstić information content (AvgIpc) is 2.14. The Morgan fingerprint density at radius 3 is 2.35 bits per heavy atom. The third kappa shape index (κ3) is 6.73. The zero-order valence-corrected chi connectivity index (χ0v) is 10.5. The van der Waals surface area contributed by atoms with Crippen LogP contribution >= 0.6 is 12.4 Å². The van der Waals surface area contributed by atoms with Crippen molar-refractivity contribution in [2.24, 2.45) is 5.41 Å². The maximum Gasteiger partial charge on any atom is 0.397 e. The highest BCUT2D eigenvalue weighted by Gasteiger charge is 2.32. The van der Waals surface area contributed by atoms with Gasteiger partial charge in [0.25, 0.3) is 0 Å². The first-order valence-electron chi connectivity index (χ1n) is 5.35. The molecule has 1 aliphatic heterocycles. The molecule has 0 bridgehead atoms. The molecule has 0 aromatic rings. The molecule has 0 unspecified atom stereocenters. The van der Waals surface area contributed by atoms with E-state index in [1.54, 1.807) is 0 Å². The fraction of sp³-hybridized carbons (Fsp3) is 0.900. The zero-order valence-electron chi connectivity index (χ0n) is 9.69. The van der Waals surface area contributed by atoms with Crippen molar-refractivity contribution < 1.29 is 18.0 Å².